The van der Waals surface area contributed by atoms with E-state index >= 15 is 0 Å². The molecule has 2 heterocycles. The monoisotopic (exact) mass is 446 g/mol. The van der Waals surface area contributed by atoms with E-state index in [1.54, 1.807) is 18.5 Å². The van der Waals surface area contributed by atoms with Gasteiger partial charge in [0.2, 0.25) is 0 Å². The van der Waals surface area contributed by atoms with Crippen LogP contribution in [0.3, 0.4) is 0 Å². The molecule has 3 rings (SSSR count). The van der Waals surface area contributed by atoms with Gasteiger partial charge in [-0.15, -0.1) is 0 Å². The number of fused-ring (bicyclic) bond motifs is 1. The van der Waals surface area contributed by atoms with Crippen LogP contribution in [0.5, 0.6) is 0 Å². The Morgan fingerprint density at radius 1 is 1.30 bits per heavy atom. The number of halogens is 3. The second-order valence-electron chi connectivity index (χ2n) is 4.17. The van der Waals surface area contributed by atoms with E-state index in [9.17, 15) is 4.39 Å². The number of benzene rings is 1. The van der Waals surface area contributed by atoms with Crippen molar-refractivity contribution in [3.05, 3.63) is 56.5 Å². The van der Waals surface area contributed by atoms with Gasteiger partial charge in [0.15, 0.2) is 5.65 Å². The van der Waals surface area contributed by atoms with E-state index in [4.69, 9.17) is 0 Å². The Hall–Kier alpha value is -1.22. The minimum Gasteiger partial charge on any atom is -0.379 e. The Kier molecular flexibility index (Phi) is 3.88. The summed E-state index contributed by atoms with van der Waals surface area (Å²) in [4.78, 5) is 8.42. The van der Waals surface area contributed by atoms with Crippen molar-refractivity contribution in [1.82, 2.24) is 14.4 Å². The van der Waals surface area contributed by atoms with Gasteiger partial charge in [0, 0.05) is 15.5 Å². The van der Waals surface area contributed by atoms with E-state index in [0.29, 0.717) is 6.54 Å². The van der Waals surface area contributed by atoms with E-state index < -0.39 is 0 Å². The van der Waals surface area contributed by atoms with Gasteiger partial charge in [0.05, 0.1) is 24.6 Å². The van der Waals surface area contributed by atoms with Crippen molar-refractivity contribution in [2.45, 2.75) is 6.54 Å². The van der Waals surface area contributed by atoms with Gasteiger partial charge < -0.3 is 5.32 Å². The van der Waals surface area contributed by atoms with Crippen molar-refractivity contribution >= 4 is 49.9 Å². The highest BCUT2D eigenvalue weighted by molar-refractivity contribution is 14.1. The topological polar surface area (TPSA) is 42.2 Å². The van der Waals surface area contributed by atoms with Crippen LogP contribution in [0.25, 0.3) is 5.65 Å². The van der Waals surface area contributed by atoms with Crippen molar-refractivity contribution in [2.75, 3.05) is 5.32 Å². The lowest BCUT2D eigenvalue weighted by atomic mass is 10.3. The van der Waals surface area contributed by atoms with E-state index in [0.717, 1.165) is 25.2 Å². The summed E-state index contributed by atoms with van der Waals surface area (Å²) in [6, 6.07) is 4.68. The Bertz CT molecular complexity index is 774. The number of rotatable bonds is 3. The predicted molar refractivity (Wildman–Crippen MR) is 87.1 cm³/mol. The van der Waals surface area contributed by atoms with E-state index in [2.05, 4.69) is 53.8 Å². The minimum atomic E-state index is -0.232. The first-order valence-electron chi connectivity index (χ1n) is 5.80. The lowest BCUT2D eigenvalue weighted by Crippen LogP contribution is -2.04. The Morgan fingerprint density at radius 3 is 2.95 bits per heavy atom. The van der Waals surface area contributed by atoms with Crippen LogP contribution in [0.4, 0.5) is 10.1 Å². The summed E-state index contributed by atoms with van der Waals surface area (Å²) >= 11 is 5.45. The van der Waals surface area contributed by atoms with Crippen LogP contribution in [0, 0.1) is 9.39 Å². The van der Waals surface area contributed by atoms with Crippen LogP contribution in [0.15, 0.2) is 41.4 Å². The molecule has 20 heavy (non-hydrogen) atoms. The normalized spacial score (nSPS) is 10.9. The first kappa shape index (κ1) is 13.7. The number of nitrogens with one attached hydrogen (secondary N) is 1. The SMILES string of the molecule is Fc1ccc(NCc2cnc3cnc(Br)cn23)c(I)c1. The largest absolute Gasteiger partial charge is 0.379 e. The molecular formula is C13H9BrFIN4. The van der Waals surface area contributed by atoms with Crippen molar-refractivity contribution in [1.29, 1.82) is 0 Å². The van der Waals surface area contributed by atoms with Crippen LogP contribution in [-0.4, -0.2) is 14.4 Å². The zero-order valence-corrected chi connectivity index (χ0v) is 13.9. The van der Waals surface area contributed by atoms with E-state index in [1.165, 1.54) is 12.1 Å². The number of nitrogens with zero attached hydrogens (tertiary/aromatic N) is 3. The van der Waals surface area contributed by atoms with Gasteiger partial charge in [-0.2, -0.15) is 0 Å². The van der Waals surface area contributed by atoms with Gasteiger partial charge in [0.25, 0.3) is 0 Å². The molecule has 1 aromatic carbocycles. The van der Waals surface area contributed by atoms with Crippen molar-refractivity contribution in [3.63, 3.8) is 0 Å². The molecule has 4 nitrogen and oxygen atoms in total. The molecule has 0 aliphatic rings. The fourth-order valence-electron chi connectivity index (χ4n) is 1.87. The summed E-state index contributed by atoms with van der Waals surface area (Å²) in [7, 11) is 0. The van der Waals surface area contributed by atoms with Crippen molar-refractivity contribution in [2.24, 2.45) is 0 Å². The molecule has 0 aliphatic carbocycles. The van der Waals surface area contributed by atoms with Crippen LogP contribution in [0.1, 0.15) is 5.69 Å². The molecule has 0 atom stereocenters. The number of imidazole rings is 1. The van der Waals surface area contributed by atoms with Gasteiger partial charge >= 0.3 is 0 Å². The second kappa shape index (κ2) is 5.65. The minimum absolute atomic E-state index is 0.232. The molecule has 1 N–H and O–H groups in total. The van der Waals surface area contributed by atoms with Crippen LogP contribution in [0.2, 0.25) is 0 Å². The Labute approximate surface area is 136 Å². The Morgan fingerprint density at radius 2 is 2.15 bits per heavy atom. The number of hydrogen-bond acceptors (Lipinski definition) is 3. The van der Waals surface area contributed by atoms with Crippen LogP contribution >= 0.6 is 38.5 Å². The third kappa shape index (κ3) is 2.78. The first-order chi connectivity index (χ1) is 9.63. The molecule has 3 aromatic rings. The molecule has 0 saturated heterocycles. The molecule has 0 aliphatic heterocycles. The summed E-state index contributed by atoms with van der Waals surface area (Å²) in [5.74, 6) is -0.232. The molecule has 102 valence electrons. The average molecular weight is 447 g/mol. The molecule has 0 fully saturated rings. The number of anilines is 1. The fraction of sp³-hybridized carbons (Fsp3) is 0.0769. The molecular weight excluding hydrogens is 438 g/mol. The summed E-state index contributed by atoms with van der Waals surface area (Å²) < 4.78 is 16.6. The third-order valence-electron chi connectivity index (χ3n) is 2.83. The zero-order valence-electron chi connectivity index (χ0n) is 10.1. The number of aromatic nitrogens is 3. The smallest absolute Gasteiger partial charge is 0.155 e. The molecule has 0 amide bonds. The molecule has 0 spiro atoms. The molecule has 0 radical (unpaired) electrons. The maximum Gasteiger partial charge on any atom is 0.155 e. The fourth-order valence-corrected chi connectivity index (χ4v) is 2.84. The highest BCUT2D eigenvalue weighted by atomic mass is 127. The third-order valence-corrected chi connectivity index (χ3v) is 4.13. The van der Waals surface area contributed by atoms with Crippen LogP contribution < -0.4 is 5.32 Å². The maximum absolute atomic E-state index is 13.1. The van der Waals surface area contributed by atoms with Gasteiger partial charge in [0.1, 0.15) is 10.4 Å². The van der Waals surface area contributed by atoms with Gasteiger partial charge in [-0.3, -0.25) is 4.40 Å². The number of hydrogen-bond donors (Lipinski definition) is 1. The molecule has 2 aromatic heterocycles. The highest BCUT2D eigenvalue weighted by Crippen LogP contribution is 2.20. The molecule has 0 unspecified atom stereocenters. The predicted octanol–water partition coefficient (Wildman–Crippen LogP) is 3.85. The summed E-state index contributed by atoms with van der Waals surface area (Å²) in [6.45, 7) is 0.596. The molecule has 0 bridgehead atoms. The maximum atomic E-state index is 13.1. The van der Waals surface area contributed by atoms with Crippen LogP contribution in [-0.2, 0) is 6.54 Å². The second-order valence-corrected chi connectivity index (χ2v) is 6.14. The highest BCUT2D eigenvalue weighted by Gasteiger charge is 2.06. The van der Waals surface area contributed by atoms with Crippen molar-refractivity contribution < 1.29 is 4.39 Å². The van der Waals surface area contributed by atoms with Gasteiger partial charge in [-0.25, -0.2) is 14.4 Å². The standard InChI is InChI=1S/C13H9BrFIN4/c14-12-7-20-9(5-19-13(20)6-18-12)4-17-11-2-1-8(15)3-10(11)16/h1-3,5-7,17H,4H2. The van der Waals surface area contributed by atoms with E-state index in [-0.39, 0.29) is 5.82 Å². The van der Waals surface area contributed by atoms with Gasteiger partial charge in [-0.05, 0) is 56.7 Å². The first-order valence-corrected chi connectivity index (χ1v) is 7.67. The summed E-state index contributed by atoms with van der Waals surface area (Å²) in [5, 5.41) is 3.28. The zero-order chi connectivity index (χ0) is 14.1. The summed E-state index contributed by atoms with van der Waals surface area (Å²) in [6.07, 6.45) is 5.37. The lowest BCUT2D eigenvalue weighted by molar-refractivity contribution is 0.627. The summed E-state index contributed by atoms with van der Waals surface area (Å²) in [5.41, 5.74) is 2.69. The quantitative estimate of drug-likeness (QED) is 0.621. The van der Waals surface area contributed by atoms with Crippen molar-refractivity contribution in [3.8, 4) is 0 Å². The van der Waals surface area contributed by atoms with Gasteiger partial charge in [-0.1, -0.05) is 0 Å². The van der Waals surface area contributed by atoms with E-state index in [1.807, 2.05) is 10.6 Å². The molecule has 0 saturated carbocycles. The average Bonchev–Trinajstić information content (AvgIpc) is 2.80. The Balaban J connectivity index is 1.85. The lowest BCUT2D eigenvalue weighted by Gasteiger charge is -2.08. The molecule has 7 heteroatoms.